The lowest BCUT2D eigenvalue weighted by molar-refractivity contribution is 0.353. The maximum Gasteiger partial charge on any atom is 0.245 e. The maximum atomic E-state index is 13.2. The molecule has 1 fully saturated rings. The molecule has 1 aromatic heterocycles. The highest BCUT2D eigenvalue weighted by molar-refractivity contribution is 7.89. The molecule has 0 aromatic carbocycles. The Kier molecular flexibility index (Phi) is 4.34. The summed E-state index contributed by atoms with van der Waals surface area (Å²) in [7, 11) is -3.89. The van der Waals surface area contributed by atoms with Crippen LogP contribution in [0.4, 0.5) is 4.39 Å². The third kappa shape index (κ3) is 3.13. The zero-order valence-corrected chi connectivity index (χ0v) is 11.7. The molecule has 1 heterocycles. The van der Waals surface area contributed by atoms with Crippen LogP contribution in [0, 0.1) is 11.2 Å². The second-order valence-corrected chi connectivity index (χ2v) is 6.74. The van der Waals surface area contributed by atoms with Gasteiger partial charge in [0.15, 0.2) is 0 Å². The minimum absolute atomic E-state index is 0.177. The summed E-state index contributed by atoms with van der Waals surface area (Å²) in [6, 6.07) is 0.747. The summed E-state index contributed by atoms with van der Waals surface area (Å²) in [4.78, 5) is 3.37. The molecular formula is C12H17FN4O2S. The van der Waals surface area contributed by atoms with Gasteiger partial charge in [0.05, 0.1) is 12.7 Å². The van der Waals surface area contributed by atoms with Gasteiger partial charge in [-0.3, -0.25) is 10.4 Å². The molecule has 0 radical (unpaired) electrons. The number of hydrogen-bond acceptors (Lipinski definition) is 4. The largest absolute Gasteiger partial charge is 0.387 e. The van der Waals surface area contributed by atoms with E-state index in [0.717, 1.165) is 44.1 Å². The van der Waals surface area contributed by atoms with E-state index in [2.05, 4.69) is 4.98 Å². The number of sulfonamides is 1. The van der Waals surface area contributed by atoms with Crippen LogP contribution in [-0.4, -0.2) is 36.1 Å². The van der Waals surface area contributed by atoms with Gasteiger partial charge in [0.2, 0.25) is 10.0 Å². The van der Waals surface area contributed by atoms with Gasteiger partial charge in [0.25, 0.3) is 0 Å². The highest BCUT2D eigenvalue weighted by atomic mass is 32.2. The Labute approximate surface area is 117 Å². The summed E-state index contributed by atoms with van der Waals surface area (Å²) in [6.45, 7) is -0.177. The standard InChI is InChI=1S/C12H17FN4O2S/c13-9-5-11(7-16-6-9)20(18,19)17(8-12(14)15)10-3-1-2-4-10/h5-7,10H,1-4,8H2,(H3,14,15). The predicted octanol–water partition coefficient (Wildman–Crippen LogP) is 1.09. The fourth-order valence-corrected chi connectivity index (χ4v) is 4.08. The lowest BCUT2D eigenvalue weighted by Crippen LogP contribution is -2.43. The molecule has 20 heavy (non-hydrogen) atoms. The van der Waals surface area contributed by atoms with E-state index in [0.29, 0.717) is 0 Å². The molecule has 110 valence electrons. The van der Waals surface area contributed by atoms with E-state index >= 15 is 0 Å². The Bertz CT molecular complexity index is 599. The van der Waals surface area contributed by atoms with Gasteiger partial charge in [-0.1, -0.05) is 12.8 Å². The molecule has 1 aliphatic carbocycles. The first-order valence-electron chi connectivity index (χ1n) is 6.36. The molecule has 1 aromatic rings. The summed E-state index contributed by atoms with van der Waals surface area (Å²) in [5.74, 6) is -0.940. The van der Waals surface area contributed by atoms with Gasteiger partial charge < -0.3 is 5.73 Å². The third-order valence-corrected chi connectivity index (χ3v) is 5.21. The normalized spacial score (nSPS) is 16.7. The number of halogens is 1. The first-order valence-corrected chi connectivity index (χ1v) is 7.80. The molecule has 2 rings (SSSR count). The third-order valence-electron chi connectivity index (χ3n) is 3.34. The number of nitrogens with one attached hydrogen (secondary N) is 1. The van der Waals surface area contributed by atoms with Gasteiger partial charge in [0.1, 0.15) is 16.5 Å². The lowest BCUT2D eigenvalue weighted by atomic mass is 10.2. The van der Waals surface area contributed by atoms with Gasteiger partial charge in [-0.05, 0) is 18.9 Å². The molecule has 1 saturated carbocycles. The minimum Gasteiger partial charge on any atom is -0.387 e. The number of rotatable bonds is 5. The van der Waals surface area contributed by atoms with Crippen molar-refractivity contribution in [2.75, 3.05) is 6.54 Å². The molecule has 0 aliphatic heterocycles. The molecule has 0 amide bonds. The minimum atomic E-state index is -3.89. The fourth-order valence-electron chi connectivity index (χ4n) is 2.44. The molecule has 3 N–H and O–H groups in total. The zero-order valence-electron chi connectivity index (χ0n) is 10.9. The second-order valence-electron chi connectivity index (χ2n) is 4.85. The van der Waals surface area contributed by atoms with Crippen molar-refractivity contribution in [1.29, 1.82) is 5.41 Å². The topological polar surface area (TPSA) is 100 Å². The molecule has 0 spiro atoms. The van der Waals surface area contributed by atoms with Crippen LogP contribution >= 0.6 is 0 Å². The molecule has 0 saturated heterocycles. The first kappa shape index (κ1) is 14.9. The first-order chi connectivity index (χ1) is 9.41. The van der Waals surface area contributed by atoms with Crippen LogP contribution in [0.15, 0.2) is 23.4 Å². The highest BCUT2D eigenvalue weighted by Gasteiger charge is 2.34. The average molecular weight is 300 g/mol. The number of pyridine rings is 1. The van der Waals surface area contributed by atoms with Crippen LogP contribution in [0.1, 0.15) is 25.7 Å². The van der Waals surface area contributed by atoms with Gasteiger partial charge in [0, 0.05) is 12.2 Å². The van der Waals surface area contributed by atoms with Crippen LogP contribution in [0.5, 0.6) is 0 Å². The van der Waals surface area contributed by atoms with E-state index in [-0.39, 0.29) is 23.3 Å². The second kappa shape index (κ2) is 5.84. The number of aromatic nitrogens is 1. The monoisotopic (exact) mass is 300 g/mol. The van der Waals surface area contributed by atoms with Crippen molar-refractivity contribution < 1.29 is 12.8 Å². The lowest BCUT2D eigenvalue weighted by Gasteiger charge is -2.27. The van der Waals surface area contributed by atoms with Crippen molar-refractivity contribution in [3.8, 4) is 0 Å². The van der Waals surface area contributed by atoms with Crippen molar-refractivity contribution >= 4 is 15.9 Å². The fraction of sp³-hybridized carbons (Fsp3) is 0.500. The highest BCUT2D eigenvalue weighted by Crippen LogP contribution is 2.28. The molecule has 8 heteroatoms. The summed E-state index contributed by atoms with van der Waals surface area (Å²) < 4.78 is 39.5. The van der Waals surface area contributed by atoms with Crippen LogP contribution < -0.4 is 5.73 Å². The number of hydrogen-bond donors (Lipinski definition) is 2. The van der Waals surface area contributed by atoms with Gasteiger partial charge >= 0.3 is 0 Å². The Balaban J connectivity index is 2.37. The molecule has 0 unspecified atom stereocenters. The Hall–Kier alpha value is -1.54. The van der Waals surface area contributed by atoms with Crippen LogP contribution in [0.2, 0.25) is 0 Å². The Morgan fingerprint density at radius 1 is 1.45 bits per heavy atom. The quantitative estimate of drug-likeness (QED) is 0.628. The van der Waals surface area contributed by atoms with Gasteiger partial charge in [-0.15, -0.1) is 0 Å². The van der Waals surface area contributed by atoms with Crippen LogP contribution in [0.25, 0.3) is 0 Å². The summed E-state index contributed by atoms with van der Waals surface area (Å²) >= 11 is 0. The summed E-state index contributed by atoms with van der Waals surface area (Å²) in [5, 5.41) is 7.36. The maximum absolute atomic E-state index is 13.2. The molecular weight excluding hydrogens is 283 g/mol. The molecule has 0 bridgehead atoms. The van der Waals surface area contributed by atoms with Crippen molar-refractivity contribution in [1.82, 2.24) is 9.29 Å². The van der Waals surface area contributed by atoms with E-state index < -0.39 is 15.8 Å². The average Bonchev–Trinajstić information content (AvgIpc) is 2.89. The molecule has 0 atom stereocenters. The van der Waals surface area contributed by atoms with Crippen molar-refractivity contribution in [2.24, 2.45) is 5.73 Å². The van der Waals surface area contributed by atoms with Crippen molar-refractivity contribution in [3.05, 3.63) is 24.3 Å². The summed E-state index contributed by atoms with van der Waals surface area (Å²) in [5.41, 5.74) is 5.35. The van der Waals surface area contributed by atoms with E-state index in [4.69, 9.17) is 11.1 Å². The van der Waals surface area contributed by atoms with E-state index in [9.17, 15) is 12.8 Å². The van der Waals surface area contributed by atoms with Crippen LogP contribution in [-0.2, 0) is 10.0 Å². The number of nitrogens with two attached hydrogens (primary N) is 1. The van der Waals surface area contributed by atoms with Crippen LogP contribution in [0.3, 0.4) is 0 Å². The Morgan fingerprint density at radius 2 is 2.10 bits per heavy atom. The SMILES string of the molecule is N=C(N)CN(C1CCCC1)S(=O)(=O)c1cncc(F)c1. The molecule has 1 aliphatic rings. The summed E-state index contributed by atoms with van der Waals surface area (Å²) in [6.07, 6.45) is 5.40. The molecule has 6 nitrogen and oxygen atoms in total. The predicted molar refractivity (Wildman–Crippen MR) is 72.3 cm³/mol. The smallest absolute Gasteiger partial charge is 0.245 e. The zero-order chi connectivity index (χ0) is 14.8. The van der Waals surface area contributed by atoms with Gasteiger partial charge in [-0.25, -0.2) is 12.8 Å². The van der Waals surface area contributed by atoms with E-state index in [1.165, 1.54) is 4.31 Å². The number of nitrogens with zero attached hydrogens (tertiary/aromatic N) is 2. The van der Waals surface area contributed by atoms with E-state index in [1.54, 1.807) is 0 Å². The Morgan fingerprint density at radius 3 is 2.65 bits per heavy atom. The van der Waals surface area contributed by atoms with Gasteiger partial charge in [-0.2, -0.15) is 4.31 Å². The van der Waals surface area contributed by atoms with E-state index in [1.807, 2.05) is 0 Å². The van der Waals surface area contributed by atoms with Crippen molar-refractivity contribution in [2.45, 2.75) is 36.6 Å². The van der Waals surface area contributed by atoms with Crippen molar-refractivity contribution in [3.63, 3.8) is 0 Å². The number of amidine groups is 1.